The molecule has 0 amide bonds. The Balaban J connectivity index is 0.00000208. The van der Waals surface area contributed by atoms with Crippen LogP contribution in [0.2, 0.25) is 5.02 Å². The normalized spacial score (nSPS) is 16.6. The van der Waals surface area contributed by atoms with Crippen LogP contribution >= 0.6 is 24.0 Å². The van der Waals surface area contributed by atoms with Crippen molar-refractivity contribution >= 4 is 24.0 Å². The Bertz CT molecular complexity index is 613. The first-order chi connectivity index (χ1) is 11.3. The summed E-state index contributed by atoms with van der Waals surface area (Å²) < 4.78 is 11.6. The van der Waals surface area contributed by atoms with E-state index in [0.717, 1.165) is 42.5 Å². The topological polar surface area (TPSA) is 30.5 Å². The molecule has 130 valence electrons. The van der Waals surface area contributed by atoms with Crippen LogP contribution < -0.4 is 10.1 Å². The van der Waals surface area contributed by atoms with Crippen molar-refractivity contribution in [1.29, 1.82) is 0 Å². The van der Waals surface area contributed by atoms with Gasteiger partial charge >= 0.3 is 0 Å². The summed E-state index contributed by atoms with van der Waals surface area (Å²) >= 11 is 5.91. The van der Waals surface area contributed by atoms with Crippen molar-refractivity contribution in [3.63, 3.8) is 0 Å². The number of hydrogen-bond donors (Lipinski definition) is 1. The van der Waals surface area contributed by atoms with Gasteiger partial charge in [-0.05, 0) is 36.6 Å². The lowest BCUT2D eigenvalue weighted by atomic mass is 10.2. The molecule has 24 heavy (non-hydrogen) atoms. The van der Waals surface area contributed by atoms with Gasteiger partial charge in [-0.2, -0.15) is 0 Å². The smallest absolute Gasteiger partial charge is 0.124 e. The lowest BCUT2D eigenvalue weighted by Gasteiger charge is -2.14. The Hall–Kier alpha value is -1.26. The van der Waals surface area contributed by atoms with Gasteiger partial charge in [0.15, 0.2) is 0 Å². The number of halogens is 2. The zero-order valence-corrected chi connectivity index (χ0v) is 15.1. The second-order valence-corrected chi connectivity index (χ2v) is 6.23. The first-order valence-electron chi connectivity index (χ1n) is 8.09. The largest absolute Gasteiger partial charge is 0.489 e. The van der Waals surface area contributed by atoms with Crippen LogP contribution in [0, 0.1) is 0 Å². The molecule has 3 nitrogen and oxygen atoms in total. The average molecular weight is 368 g/mol. The van der Waals surface area contributed by atoms with Crippen LogP contribution in [0.4, 0.5) is 0 Å². The third kappa shape index (κ3) is 5.67. The molecule has 1 heterocycles. The minimum Gasteiger partial charge on any atom is -0.489 e. The first-order valence-corrected chi connectivity index (χ1v) is 8.46. The van der Waals surface area contributed by atoms with Gasteiger partial charge < -0.3 is 14.8 Å². The van der Waals surface area contributed by atoms with Gasteiger partial charge in [0.1, 0.15) is 12.4 Å². The van der Waals surface area contributed by atoms with Crippen molar-refractivity contribution in [2.45, 2.75) is 32.1 Å². The highest BCUT2D eigenvalue weighted by Crippen LogP contribution is 2.20. The molecule has 0 aliphatic carbocycles. The molecule has 0 aromatic heterocycles. The van der Waals surface area contributed by atoms with Crippen LogP contribution in [0.15, 0.2) is 48.5 Å². The summed E-state index contributed by atoms with van der Waals surface area (Å²) in [4.78, 5) is 0. The zero-order chi connectivity index (χ0) is 15.9. The molecule has 0 saturated carbocycles. The number of hydrogen-bond acceptors (Lipinski definition) is 3. The molecule has 1 unspecified atom stereocenters. The van der Waals surface area contributed by atoms with Crippen LogP contribution in [0.25, 0.3) is 0 Å². The van der Waals surface area contributed by atoms with Gasteiger partial charge in [-0.25, -0.2) is 0 Å². The van der Waals surface area contributed by atoms with Crippen molar-refractivity contribution in [2.24, 2.45) is 0 Å². The van der Waals surface area contributed by atoms with Crippen molar-refractivity contribution in [1.82, 2.24) is 5.32 Å². The van der Waals surface area contributed by atoms with E-state index in [4.69, 9.17) is 21.1 Å². The van der Waals surface area contributed by atoms with E-state index >= 15 is 0 Å². The minimum absolute atomic E-state index is 0. The second kappa shape index (κ2) is 9.90. The monoisotopic (exact) mass is 367 g/mol. The van der Waals surface area contributed by atoms with Crippen LogP contribution in [0.3, 0.4) is 0 Å². The van der Waals surface area contributed by atoms with E-state index < -0.39 is 0 Å². The van der Waals surface area contributed by atoms with Gasteiger partial charge in [0.05, 0.1) is 6.10 Å². The molecule has 1 aliphatic rings. The lowest BCUT2D eigenvalue weighted by Crippen LogP contribution is -2.25. The number of benzene rings is 2. The van der Waals surface area contributed by atoms with E-state index in [9.17, 15) is 0 Å². The third-order valence-corrected chi connectivity index (χ3v) is 4.24. The molecule has 3 rings (SSSR count). The van der Waals surface area contributed by atoms with Gasteiger partial charge in [-0.3, -0.25) is 0 Å². The Morgan fingerprint density at radius 2 is 1.92 bits per heavy atom. The van der Waals surface area contributed by atoms with Gasteiger partial charge in [0, 0.05) is 30.3 Å². The third-order valence-electron chi connectivity index (χ3n) is 3.99. The molecule has 1 fully saturated rings. The number of para-hydroxylation sites is 1. The Morgan fingerprint density at radius 3 is 2.67 bits per heavy atom. The summed E-state index contributed by atoms with van der Waals surface area (Å²) in [5.41, 5.74) is 2.27. The van der Waals surface area contributed by atoms with Crippen LogP contribution in [-0.2, 0) is 17.9 Å². The van der Waals surface area contributed by atoms with Crippen molar-refractivity contribution in [3.05, 3.63) is 64.7 Å². The quantitative estimate of drug-likeness (QED) is 0.774. The Morgan fingerprint density at radius 1 is 1.12 bits per heavy atom. The summed E-state index contributed by atoms with van der Waals surface area (Å²) in [6.07, 6.45) is 2.69. The standard InChI is InChI=1S/C19H22ClNO2.ClH/c20-17-9-7-15(8-10-17)14-23-19-6-2-1-4-16(19)12-21-13-18-5-3-11-22-18;/h1-2,4,6-10,18,21H,3,5,11-14H2;1H. The van der Waals surface area contributed by atoms with Gasteiger partial charge in [0.25, 0.3) is 0 Å². The highest BCUT2D eigenvalue weighted by Gasteiger charge is 2.14. The number of nitrogens with one attached hydrogen (secondary N) is 1. The van der Waals surface area contributed by atoms with Crippen LogP contribution in [0.1, 0.15) is 24.0 Å². The van der Waals surface area contributed by atoms with E-state index in [-0.39, 0.29) is 12.4 Å². The highest BCUT2D eigenvalue weighted by molar-refractivity contribution is 6.30. The summed E-state index contributed by atoms with van der Waals surface area (Å²) in [5, 5.41) is 4.21. The molecule has 1 N–H and O–H groups in total. The summed E-state index contributed by atoms with van der Waals surface area (Å²) in [7, 11) is 0. The number of rotatable bonds is 7. The average Bonchev–Trinajstić information content (AvgIpc) is 3.09. The molecule has 1 aliphatic heterocycles. The maximum absolute atomic E-state index is 5.97. The maximum Gasteiger partial charge on any atom is 0.124 e. The molecule has 2 aromatic rings. The molecule has 0 bridgehead atoms. The fourth-order valence-electron chi connectivity index (χ4n) is 2.71. The molecule has 0 spiro atoms. The molecular formula is C19H23Cl2NO2. The van der Waals surface area contributed by atoms with Gasteiger partial charge in [0.2, 0.25) is 0 Å². The fraction of sp³-hybridized carbons (Fsp3) is 0.368. The zero-order valence-electron chi connectivity index (χ0n) is 13.5. The lowest BCUT2D eigenvalue weighted by molar-refractivity contribution is 0.110. The molecule has 1 atom stereocenters. The first kappa shape index (κ1) is 19.1. The molecular weight excluding hydrogens is 345 g/mol. The van der Waals surface area contributed by atoms with E-state index in [1.54, 1.807) is 0 Å². The van der Waals surface area contributed by atoms with E-state index in [2.05, 4.69) is 11.4 Å². The van der Waals surface area contributed by atoms with Crippen LogP contribution in [-0.4, -0.2) is 19.3 Å². The number of ether oxygens (including phenoxy) is 2. The summed E-state index contributed by atoms with van der Waals surface area (Å²) in [5.74, 6) is 0.919. The van der Waals surface area contributed by atoms with Crippen LogP contribution in [0.5, 0.6) is 5.75 Å². The maximum atomic E-state index is 5.97. The van der Waals surface area contributed by atoms with Crippen molar-refractivity contribution in [3.8, 4) is 5.75 Å². The predicted molar refractivity (Wildman–Crippen MR) is 100 cm³/mol. The van der Waals surface area contributed by atoms with Gasteiger partial charge in [-0.15, -0.1) is 12.4 Å². The summed E-state index contributed by atoms with van der Waals surface area (Å²) in [6.45, 7) is 3.12. The minimum atomic E-state index is 0. The Kier molecular flexibility index (Phi) is 7.86. The second-order valence-electron chi connectivity index (χ2n) is 5.79. The van der Waals surface area contributed by atoms with E-state index in [0.29, 0.717) is 12.7 Å². The Labute approximate surface area is 154 Å². The van der Waals surface area contributed by atoms with Gasteiger partial charge in [-0.1, -0.05) is 41.9 Å². The van der Waals surface area contributed by atoms with Crippen molar-refractivity contribution < 1.29 is 9.47 Å². The molecule has 5 heteroatoms. The SMILES string of the molecule is Cl.Clc1ccc(COc2ccccc2CNCC2CCCO2)cc1. The van der Waals surface area contributed by atoms with E-state index in [1.807, 2.05) is 42.5 Å². The molecule has 1 saturated heterocycles. The predicted octanol–water partition coefficient (Wildman–Crippen LogP) is 4.61. The highest BCUT2D eigenvalue weighted by atomic mass is 35.5. The summed E-state index contributed by atoms with van der Waals surface area (Å²) in [6, 6.07) is 15.9. The molecule has 2 aromatic carbocycles. The molecule has 0 radical (unpaired) electrons. The fourth-order valence-corrected chi connectivity index (χ4v) is 2.83. The van der Waals surface area contributed by atoms with Crippen molar-refractivity contribution in [2.75, 3.05) is 13.2 Å². The van der Waals surface area contributed by atoms with E-state index in [1.165, 1.54) is 12.0 Å².